The van der Waals surface area contributed by atoms with Crippen molar-refractivity contribution >= 4 is 23.3 Å². The summed E-state index contributed by atoms with van der Waals surface area (Å²) in [4.78, 5) is 18.0. The van der Waals surface area contributed by atoms with Crippen LogP contribution in [0.3, 0.4) is 0 Å². The summed E-state index contributed by atoms with van der Waals surface area (Å²) in [5.41, 5.74) is -1.05. The molecule has 1 aliphatic heterocycles. The highest BCUT2D eigenvalue weighted by molar-refractivity contribution is 6.32. The molecule has 1 aliphatic carbocycles. The number of nitrogens with zero attached hydrogens (tertiary/aromatic N) is 2. The Morgan fingerprint density at radius 2 is 2.15 bits per heavy atom. The van der Waals surface area contributed by atoms with Gasteiger partial charge >= 0.3 is 0 Å². The van der Waals surface area contributed by atoms with E-state index in [-0.39, 0.29) is 11.9 Å². The zero-order valence-corrected chi connectivity index (χ0v) is 11.9. The van der Waals surface area contributed by atoms with Gasteiger partial charge in [0.05, 0.1) is 5.02 Å². The molecular formula is C14H18ClN3O2. The van der Waals surface area contributed by atoms with Gasteiger partial charge in [0.1, 0.15) is 11.4 Å². The summed E-state index contributed by atoms with van der Waals surface area (Å²) in [7, 11) is 0. The summed E-state index contributed by atoms with van der Waals surface area (Å²) in [6, 6.07) is 3.86. The third-order valence-corrected chi connectivity index (χ3v) is 4.31. The van der Waals surface area contributed by atoms with Crippen LogP contribution in [0.4, 0.5) is 5.82 Å². The summed E-state index contributed by atoms with van der Waals surface area (Å²) in [6.45, 7) is 1.34. The summed E-state index contributed by atoms with van der Waals surface area (Å²) in [5, 5.41) is 13.8. The van der Waals surface area contributed by atoms with E-state index in [0.717, 1.165) is 12.8 Å². The third kappa shape index (κ3) is 2.74. The Hall–Kier alpha value is -1.33. The maximum Gasteiger partial charge on any atom is 0.254 e. The van der Waals surface area contributed by atoms with Crippen molar-refractivity contribution in [3.05, 3.63) is 23.4 Å². The number of anilines is 1. The maximum atomic E-state index is 12.0. The van der Waals surface area contributed by atoms with E-state index in [4.69, 9.17) is 11.6 Å². The van der Waals surface area contributed by atoms with Gasteiger partial charge in [-0.1, -0.05) is 11.6 Å². The fraction of sp³-hybridized carbons (Fsp3) is 0.571. The second-order valence-corrected chi connectivity index (χ2v) is 5.98. The van der Waals surface area contributed by atoms with Gasteiger partial charge in [0.15, 0.2) is 0 Å². The lowest BCUT2D eigenvalue weighted by Gasteiger charge is -2.34. The molecule has 20 heavy (non-hydrogen) atoms. The van der Waals surface area contributed by atoms with E-state index in [1.807, 2.05) is 0 Å². The van der Waals surface area contributed by atoms with Crippen LogP contribution < -0.4 is 5.32 Å². The Bertz CT molecular complexity index is 511. The number of likely N-dealkylation sites (tertiary alicyclic amines) is 1. The van der Waals surface area contributed by atoms with Crippen LogP contribution in [-0.4, -0.2) is 45.6 Å². The molecule has 3 rings (SSSR count). The van der Waals surface area contributed by atoms with Crippen molar-refractivity contribution in [3.63, 3.8) is 0 Å². The quantitative estimate of drug-likeness (QED) is 0.890. The van der Waals surface area contributed by atoms with Crippen LogP contribution in [0.5, 0.6) is 0 Å². The number of halogens is 1. The van der Waals surface area contributed by atoms with Gasteiger partial charge in [0, 0.05) is 25.3 Å². The van der Waals surface area contributed by atoms with Gasteiger partial charge in [-0.05, 0) is 37.8 Å². The number of rotatable bonds is 3. The number of pyridine rings is 1. The van der Waals surface area contributed by atoms with Gasteiger partial charge in [-0.3, -0.25) is 4.79 Å². The van der Waals surface area contributed by atoms with Crippen molar-refractivity contribution in [3.8, 4) is 0 Å². The Kier molecular flexibility index (Phi) is 3.56. The van der Waals surface area contributed by atoms with E-state index in [9.17, 15) is 9.90 Å². The SMILES string of the molecule is O=C(N1CCC(Nc2ncccc2Cl)CC1)C1(O)CC1. The van der Waals surface area contributed by atoms with Crippen LogP contribution >= 0.6 is 11.6 Å². The van der Waals surface area contributed by atoms with Crippen molar-refractivity contribution in [2.24, 2.45) is 0 Å². The molecule has 6 heteroatoms. The summed E-state index contributed by atoms with van der Waals surface area (Å²) >= 11 is 6.07. The topological polar surface area (TPSA) is 65.5 Å². The highest BCUT2D eigenvalue weighted by Crippen LogP contribution is 2.37. The van der Waals surface area contributed by atoms with Crippen molar-refractivity contribution in [1.29, 1.82) is 0 Å². The van der Waals surface area contributed by atoms with Crippen molar-refractivity contribution in [2.45, 2.75) is 37.3 Å². The fourth-order valence-corrected chi connectivity index (χ4v) is 2.71. The first-order valence-electron chi connectivity index (χ1n) is 6.97. The molecule has 0 radical (unpaired) electrons. The molecular weight excluding hydrogens is 278 g/mol. The summed E-state index contributed by atoms with van der Waals surface area (Å²) in [5.74, 6) is 0.589. The number of carbonyl (C=O) groups is 1. The first-order chi connectivity index (χ1) is 9.58. The monoisotopic (exact) mass is 295 g/mol. The number of piperidine rings is 1. The van der Waals surface area contributed by atoms with Crippen LogP contribution in [0, 0.1) is 0 Å². The van der Waals surface area contributed by atoms with Gasteiger partial charge in [-0.25, -0.2) is 4.98 Å². The lowest BCUT2D eigenvalue weighted by Crippen LogP contribution is -2.47. The summed E-state index contributed by atoms with van der Waals surface area (Å²) in [6.07, 6.45) is 4.60. The first-order valence-corrected chi connectivity index (χ1v) is 7.35. The second kappa shape index (κ2) is 5.22. The number of nitrogens with one attached hydrogen (secondary N) is 1. The van der Waals surface area contributed by atoms with Crippen molar-refractivity contribution in [2.75, 3.05) is 18.4 Å². The van der Waals surface area contributed by atoms with E-state index in [0.29, 0.717) is 36.8 Å². The number of aliphatic hydroxyl groups is 1. The highest BCUT2D eigenvalue weighted by Gasteiger charge is 2.50. The molecule has 1 aromatic heterocycles. The average molecular weight is 296 g/mol. The van der Waals surface area contributed by atoms with Crippen LogP contribution in [0.25, 0.3) is 0 Å². The Balaban J connectivity index is 1.54. The van der Waals surface area contributed by atoms with Crippen LogP contribution in [-0.2, 0) is 4.79 Å². The molecule has 0 unspecified atom stereocenters. The van der Waals surface area contributed by atoms with E-state index in [1.165, 1.54) is 0 Å². The predicted molar refractivity (Wildman–Crippen MR) is 76.7 cm³/mol. The smallest absolute Gasteiger partial charge is 0.254 e. The van der Waals surface area contributed by atoms with Gasteiger partial charge < -0.3 is 15.3 Å². The van der Waals surface area contributed by atoms with E-state index < -0.39 is 5.60 Å². The van der Waals surface area contributed by atoms with E-state index >= 15 is 0 Å². The zero-order valence-electron chi connectivity index (χ0n) is 11.2. The van der Waals surface area contributed by atoms with Crippen LogP contribution in [0.15, 0.2) is 18.3 Å². The standard InChI is InChI=1S/C14H18ClN3O2/c15-11-2-1-7-16-12(11)17-10-3-8-18(9-4-10)13(19)14(20)5-6-14/h1-2,7,10,20H,3-6,8-9H2,(H,16,17). The lowest BCUT2D eigenvalue weighted by atomic mass is 10.0. The van der Waals surface area contributed by atoms with E-state index in [2.05, 4.69) is 10.3 Å². The van der Waals surface area contributed by atoms with Gasteiger partial charge in [-0.15, -0.1) is 0 Å². The Morgan fingerprint density at radius 3 is 2.75 bits per heavy atom. The van der Waals surface area contributed by atoms with Gasteiger partial charge in [0.25, 0.3) is 5.91 Å². The largest absolute Gasteiger partial charge is 0.380 e. The molecule has 2 fully saturated rings. The number of hydrogen-bond acceptors (Lipinski definition) is 4. The second-order valence-electron chi connectivity index (χ2n) is 5.58. The molecule has 2 N–H and O–H groups in total. The molecule has 2 aliphatic rings. The number of hydrogen-bond donors (Lipinski definition) is 2. The molecule has 0 atom stereocenters. The number of amides is 1. The lowest BCUT2D eigenvalue weighted by molar-refractivity contribution is -0.143. The molecule has 1 saturated heterocycles. The molecule has 1 saturated carbocycles. The van der Waals surface area contributed by atoms with E-state index in [1.54, 1.807) is 23.2 Å². The van der Waals surface area contributed by atoms with Gasteiger partial charge in [-0.2, -0.15) is 0 Å². The highest BCUT2D eigenvalue weighted by atomic mass is 35.5. The molecule has 2 heterocycles. The predicted octanol–water partition coefficient (Wildman–Crippen LogP) is 1.66. The Morgan fingerprint density at radius 1 is 1.45 bits per heavy atom. The fourth-order valence-electron chi connectivity index (χ4n) is 2.54. The van der Waals surface area contributed by atoms with Crippen molar-refractivity contribution < 1.29 is 9.90 Å². The minimum absolute atomic E-state index is 0.105. The third-order valence-electron chi connectivity index (χ3n) is 4.00. The number of aromatic nitrogens is 1. The molecule has 108 valence electrons. The molecule has 0 bridgehead atoms. The molecule has 0 spiro atoms. The first kappa shape index (κ1) is 13.6. The maximum absolute atomic E-state index is 12.0. The molecule has 1 amide bonds. The molecule has 5 nitrogen and oxygen atoms in total. The minimum atomic E-state index is -1.05. The average Bonchev–Trinajstić information content (AvgIpc) is 3.21. The number of carbonyl (C=O) groups excluding carboxylic acids is 1. The minimum Gasteiger partial charge on any atom is -0.380 e. The van der Waals surface area contributed by atoms with Gasteiger partial charge in [0.2, 0.25) is 0 Å². The van der Waals surface area contributed by atoms with Crippen LogP contribution in [0.2, 0.25) is 5.02 Å². The molecule has 0 aromatic carbocycles. The Labute approximate surface area is 122 Å². The zero-order chi connectivity index (χ0) is 14.2. The van der Waals surface area contributed by atoms with Crippen LogP contribution in [0.1, 0.15) is 25.7 Å². The normalized spacial score (nSPS) is 21.6. The molecule has 1 aromatic rings. The van der Waals surface area contributed by atoms with Crippen molar-refractivity contribution in [1.82, 2.24) is 9.88 Å². The summed E-state index contributed by atoms with van der Waals surface area (Å²) < 4.78 is 0.